The van der Waals surface area contributed by atoms with Gasteiger partial charge < -0.3 is 10.5 Å². The van der Waals surface area contributed by atoms with Gasteiger partial charge in [-0.3, -0.25) is 9.69 Å². The number of nitrogens with zero attached hydrogens (tertiary/aromatic N) is 1. The molecule has 0 bridgehead atoms. The van der Waals surface area contributed by atoms with Gasteiger partial charge in [-0.15, -0.1) is 0 Å². The van der Waals surface area contributed by atoms with Crippen LogP contribution in [-0.2, 0) is 9.53 Å². The van der Waals surface area contributed by atoms with Crippen molar-refractivity contribution in [3.05, 3.63) is 35.9 Å². The largest absolute Gasteiger partial charge is 0.465 e. The first-order valence-corrected chi connectivity index (χ1v) is 6.30. The van der Waals surface area contributed by atoms with Crippen molar-refractivity contribution in [2.75, 3.05) is 26.7 Å². The molecule has 4 heteroatoms. The molecule has 0 saturated carbocycles. The van der Waals surface area contributed by atoms with Crippen LogP contribution in [0.15, 0.2) is 30.3 Å². The highest BCUT2D eigenvalue weighted by molar-refractivity contribution is 5.71. The molecule has 0 radical (unpaired) electrons. The van der Waals surface area contributed by atoms with E-state index >= 15 is 0 Å². The molecule has 0 spiro atoms. The van der Waals surface area contributed by atoms with Crippen LogP contribution in [0.4, 0.5) is 0 Å². The molecule has 0 aromatic heterocycles. The Hall–Kier alpha value is -1.39. The Balaban J connectivity index is 2.69. The fourth-order valence-corrected chi connectivity index (χ4v) is 2.00. The summed E-state index contributed by atoms with van der Waals surface area (Å²) in [5.41, 5.74) is 6.83. The van der Waals surface area contributed by atoms with Gasteiger partial charge in [0.15, 0.2) is 0 Å². The van der Waals surface area contributed by atoms with Crippen LogP contribution >= 0.6 is 0 Å². The number of likely N-dealkylation sites (N-methyl/N-ethyl adjacent to an activating group) is 1. The fraction of sp³-hybridized carbons (Fsp3) is 0.500. The number of carbonyl (C=O) groups excluding carboxylic acids is 1. The highest BCUT2D eigenvalue weighted by Gasteiger charge is 2.18. The summed E-state index contributed by atoms with van der Waals surface area (Å²) in [6, 6.07) is 10.2. The lowest BCUT2D eigenvalue weighted by molar-refractivity contribution is -0.144. The van der Waals surface area contributed by atoms with Crippen LogP contribution in [0.3, 0.4) is 0 Å². The first-order valence-electron chi connectivity index (χ1n) is 6.30. The van der Waals surface area contributed by atoms with Crippen molar-refractivity contribution in [1.82, 2.24) is 4.90 Å². The van der Waals surface area contributed by atoms with E-state index in [0.29, 0.717) is 13.2 Å². The second-order valence-corrected chi connectivity index (χ2v) is 4.22. The molecule has 2 N–H and O–H groups in total. The topological polar surface area (TPSA) is 55.6 Å². The number of hydrogen-bond acceptors (Lipinski definition) is 4. The predicted molar refractivity (Wildman–Crippen MR) is 72.1 cm³/mol. The third kappa shape index (κ3) is 4.47. The smallest absolute Gasteiger partial charge is 0.320 e. The summed E-state index contributed by atoms with van der Waals surface area (Å²) < 4.78 is 4.96. The Morgan fingerprint density at radius 2 is 2.06 bits per heavy atom. The van der Waals surface area contributed by atoms with E-state index in [1.807, 2.05) is 37.1 Å². The molecule has 0 amide bonds. The average molecular weight is 250 g/mol. The molecule has 18 heavy (non-hydrogen) atoms. The van der Waals surface area contributed by atoms with Gasteiger partial charge in [0.1, 0.15) is 0 Å². The second-order valence-electron chi connectivity index (χ2n) is 4.22. The summed E-state index contributed by atoms with van der Waals surface area (Å²) in [6.07, 6.45) is 0.819. The van der Waals surface area contributed by atoms with Gasteiger partial charge in [0.25, 0.3) is 0 Å². The molecule has 0 fully saturated rings. The summed E-state index contributed by atoms with van der Waals surface area (Å²) in [7, 11) is 1.92. The molecule has 0 aliphatic carbocycles. The van der Waals surface area contributed by atoms with Crippen molar-refractivity contribution in [1.29, 1.82) is 0 Å². The molecular formula is C14H22N2O2. The normalized spacial score (nSPS) is 12.4. The summed E-state index contributed by atoms with van der Waals surface area (Å²) in [6.45, 7) is 3.10. The van der Waals surface area contributed by atoms with E-state index in [2.05, 4.69) is 12.1 Å². The Morgan fingerprint density at radius 3 is 2.61 bits per heavy atom. The van der Waals surface area contributed by atoms with Crippen molar-refractivity contribution in [3.8, 4) is 0 Å². The van der Waals surface area contributed by atoms with Crippen LogP contribution in [0.1, 0.15) is 24.9 Å². The first-order chi connectivity index (χ1) is 8.69. The van der Waals surface area contributed by atoms with Gasteiger partial charge in [0, 0.05) is 6.04 Å². The Labute approximate surface area is 109 Å². The number of rotatable bonds is 7. The van der Waals surface area contributed by atoms with E-state index in [1.165, 1.54) is 5.56 Å². The van der Waals surface area contributed by atoms with Gasteiger partial charge in [-0.2, -0.15) is 0 Å². The van der Waals surface area contributed by atoms with Crippen LogP contribution in [0.2, 0.25) is 0 Å². The summed E-state index contributed by atoms with van der Waals surface area (Å²) >= 11 is 0. The maximum Gasteiger partial charge on any atom is 0.320 e. The SMILES string of the molecule is CCOC(=O)CN(C)C(CCN)c1ccccc1. The summed E-state index contributed by atoms with van der Waals surface area (Å²) in [5.74, 6) is -0.196. The number of esters is 1. The molecule has 0 aliphatic rings. The van der Waals surface area contributed by atoms with Crippen LogP contribution in [-0.4, -0.2) is 37.6 Å². The molecule has 4 nitrogen and oxygen atoms in total. The standard InChI is InChI=1S/C14H22N2O2/c1-3-18-14(17)11-16(2)13(9-10-15)12-7-5-4-6-8-12/h4-8,13H,3,9-11,15H2,1-2H3. The van der Waals surface area contributed by atoms with Crippen molar-refractivity contribution >= 4 is 5.97 Å². The minimum atomic E-state index is -0.196. The average Bonchev–Trinajstić information content (AvgIpc) is 2.37. The zero-order valence-electron chi connectivity index (χ0n) is 11.1. The van der Waals surface area contributed by atoms with Crippen LogP contribution in [0.5, 0.6) is 0 Å². The Bertz CT molecular complexity index is 354. The third-order valence-electron chi connectivity index (χ3n) is 2.84. The van der Waals surface area contributed by atoms with Crippen LogP contribution in [0.25, 0.3) is 0 Å². The van der Waals surface area contributed by atoms with Crippen molar-refractivity contribution in [3.63, 3.8) is 0 Å². The number of ether oxygens (including phenoxy) is 1. The molecule has 0 heterocycles. The van der Waals surface area contributed by atoms with E-state index in [4.69, 9.17) is 10.5 Å². The van der Waals surface area contributed by atoms with Gasteiger partial charge >= 0.3 is 5.97 Å². The molecule has 1 aromatic rings. The second kappa shape index (κ2) is 7.84. The first kappa shape index (κ1) is 14.7. The van der Waals surface area contributed by atoms with E-state index < -0.39 is 0 Å². The molecule has 1 unspecified atom stereocenters. The molecule has 1 rings (SSSR count). The predicted octanol–water partition coefficient (Wildman–Crippen LogP) is 1.57. The maximum absolute atomic E-state index is 11.5. The lowest BCUT2D eigenvalue weighted by Gasteiger charge is -2.27. The Kier molecular flexibility index (Phi) is 6.39. The lowest BCUT2D eigenvalue weighted by atomic mass is 10.0. The van der Waals surface area contributed by atoms with Gasteiger partial charge in [0.2, 0.25) is 0 Å². The molecular weight excluding hydrogens is 228 g/mol. The zero-order chi connectivity index (χ0) is 13.4. The van der Waals surface area contributed by atoms with Crippen molar-refractivity contribution in [2.24, 2.45) is 5.73 Å². The van der Waals surface area contributed by atoms with Crippen LogP contribution in [0, 0.1) is 0 Å². The molecule has 1 atom stereocenters. The minimum Gasteiger partial charge on any atom is -0.465 e. The monoisotopic (exact) mass is 250 g/mol. The fourth-order valence-electron chi connectivity index (χ4n) is 2.00. The van der Waals surface area contributed by atoms with Gasteiger partial charge in [-0.1, -0.05) is 30.3 Å². The number of hydrogen-bond donors (Lipinski definition) is 1. The number of carbonyl (C=O) groups is 1. The quantitative estimate of drug-likeness (QED) is 0.746. The van der Waals surface area contributed by atoms with E-state index in [9.17, 15) is 4.79 Å². The van der Waals surface area contributed by atoms with E-state index in [-0.39, 0.29) is 18.6 Å². The van der Waals surface area contributed by atoms with Gasteiger partial charge in [-0.05, 0) is 32.5 Å². The zero-order valence-corrected chi connectivity index (χ0v) is 11.1. The number of benzene rings is 1. The lowest BCUT2D eigenvalue weighted by Crippen LogP contribution is -2.32. The highest BCUT2D eigenvalue weighted by Crippen LogP contribution is 2.22. The van der Waals surface area contributed by atoms with Crippen molar-refractivity contribution < 1.29 is 9.53 Å². The summed E-state index contributed by atoms with van der Waals surface area (Å²) in [4.78, 5) is 13.5. The van der Waals surface area contributed by atoms with E-state index in [1.54, 1.807) is 0 Å². The summed E-state index contributed by atoms with van der Waals surface area (Å²) in [5, 5.41) is 0. The third-order valence-corrected chi connectivity index (χ3v) is 2.84. The Morgan fingerprint density at radius 1 is 1.39 bits per heavy atom. The highest BCUT2D eigenvalue weighted by atomic mass is 16.5. The minimum absolute atomic E-state index is 0.153. The molecule has 0 aliphatic heterocycles. The molecule has 1 aromatic carbocycles. The molecule has 100 valence electrons. The molecule has 0 saturated heterocycles. The van der Waals surface area contributed by atoms with Gasteiger partial charge in [0.05, 0.1) is 13.2 Å². The van der Waals surface area contributed by atoms with Crippen molar-refractivity contribution in [2.45, 2.75) is 19.4 Å². The van der Waals surface area contributed by atoms with E-state index in [0.717, 1.165) is 6.42 Å². The maximum atomic E-state index is 11.5. The van der Waals surface area contributed by atoms with Crippen LogP contribution < -0.4 is 5.73 Å². The number of nitrogens with two attached hydrogens (primary N) is 1. The van der Waals surface area contributed by atoms with Gasteiger partial charge in [-0.25, -0.2) is 0 Å².